The van der Waals surface area contributed by atoms with Gasteiger partial charge in [0.2, 0.25) is 0 Å². The van der Waals surface area contributed by atoms with E-state index < -0.39 is 0 Å². The van der Waals surface area contributed by atoms with Gasteiger partial charge in [-0.15, -0.1) is 0 Å². The van der Waals surface area contributed by atoms with Gasteiger partial charge in [-0.3, -0.25) is 0 Å². The van der Waals surface area contributed by atoms with Crippen LogP contribution >= 0.6 is 0 Å². The fourth-order valence-corrected chi connectivity index (χ4v) is 8.73. The van der Waals surface area contributed by atoms with E-state index in [1.54, 1.807) is 0 Å². The van der Waals surface area contributed by atoms with Gasteiger partial charge in [-0.25, -0.2) is 9.97 Å². The Balaban J connectivity index is 1.17. The van der Waals surface area contributed by atoms with Crippen molar-refractivity contribution in [2.75, 3.05) is 0 Å². The predicted octanol–water partition coefficient (Wildman–Crippen LogP) is 15.6. The minimum Gasteiger partial charge on any atom is -0.228 e. The Kier molecular flexibility index (Phi) is 8.87. The van der Waals surface area contributed by atoms with E-state index >= 15 is 0 Å². The zero-order valence-corrected chi connectivity index (χ0v) is 32.8. The molecule has 0 bridgehead atoms. The molecular weight excluding hydrogens is 725 g/mol. The van der Waals surface area contributed by atoms with Crippen LogP contribution in [0.2, 0.25) is 0 Å². The van der Waals surface area contributed by atoms with Crippen molar-refractivity contribution in [2.24, 2.45) is 0 Å². The fraction of sp³-hybridized carbons (Fsp3) is 0. The van der Waals surface area contributed by atoms with Crippen molar-refractivity contribution in [2.45, 2.75) is 0 Å². The number of aromatic nitrogens is 2. The lowest BCUT2D eigenvalue weighted by Gasteiger charge is -2.17. The Labute approximate surface area is 349 Å². The molecule has 1 aromatic heterocycles. The van der Waals surface area contributed by atoms with Gasteiger partial charge in [-0.05, 0) is 107 Å². The van der Waals surface area contributed by atoms with Crippen molar-refractivity contribution in [1.82, 2.24) is 9.97 Å². The lowest BCUT2D eigenvalue weighted by molar-refractivity contribution is 1.18. The molecule has 0 N–H and O–H groups in total. The SMILES string of the molecule is c1ccc(-c2ccc(-c3nc(-c4cc(-c5ccccc5)cc(-c5c6ccccc6cc6c5ccc5ccccc56)c4)cc(-c4ccccc4-c4ccccc4)n3)cc2)cc1. The summed E-state index contributed by atoms with van der Waals surface area (Å²) < 4.78 is 0. The van der Waals surface area contributed by atoms with Crippen molar-refractivity contribution in [3.05, 3.63) is 231 Å². The zero-order chi connectivity index (χ0) is 39.8. The molecule has 2 heteroatoms. The molecule has 11 aromatic rings. The average Bonchev–Trinajstić information content (AvgIpc) is 3.34. The highest BCUT2D eigenvalue weighted by Crippen LogP contribution is 2.43. The summed E-state index contributed by atoms with van der Waals surface area (Å²) in [6.45, 7) is 0. The van der Waals surface area contributed by atoms with Crippen LogP contribution in [0.5, 0.6) is 0 Å². The highest BCUT2D eigenvalue weighted by atomic mass is 14.9. The molecule has 0 aliphatic heterocycles. The van der Waals surface area contributed by atoms with E-state index in [-0.39, 0.29) is 0 Å². The van der Waals surface area contributed by atoms with Crippen molar-refractivity contribution in [3.8, 4) is 78.4 Å². The summed E-state index contributed by atoms with van der Waals surface area (Å²) in [5.74, 6) is 0.679. The first-order valence-electron chi connectivity index (χ1n) is 20.5. The van der Waals surface area contributed by atoms with E-state index in [9.17, 15) is 0 Å². The molecule has 2 nitrogen and oxygen atoms in total. The van der Waals surface area contributed by atoms with Gasteiger partial charge in [0.05, 0.1) is 11.4 Å². The summed E-state index contributed by atoms with van der Waals surface area (Å²) in [4.78, 5) is 10.8. The largest absolute Gasteiger partial charge is 0.228 e. The Bertz CT molecular complexity index is 3340. The first-order valence-corrected chi connectivity index (χ1v) is 20.5. The number of benzene rings is 10. The van der Waals surface area contributed by atoms with Crippen LogP contribution in [0.1, 0.15) is 0 Å². The van der Waals surface area contributed by atoms with E-state index in [1.807, 2.05) is 0 Å². The summed E-state index contributed by atoms with van der Waals surface area (Å²) >= 11 is 0. The monoisotopic (exact) mass is 762 g/mol. The smallest absolute Gasteiger partial charge is 0.160 e. The third kappa shape index (κ3) is 6.51. The van der Waals surface area contributed by atoms with Crippen LogP contribution in [0.15, 0.2) is 231 Å². The Morgan fingerprint density at radius 1 is 0.233 bits per heavy atom. The van der Waals surface area contributed by atoms with Gasteiger partial charge < -0.3 is 0 Å². The van der Waals surface area contributed by atoms with E-state index in [4.69, 9.17) is 9.97 Å². The summed E-state index contributed by atoms with van der Waals surface area (Å²) in [5, 5.41) is 7.39. The molecule has 0 saturated carbocycles. The lowest BCUT2D eigenvalue weighted by Crippen LogP contribution is -1.98. The van der Waals surface area contributed by atoms with Gasteiger partial charge >= 0.3 is 0 Å². The first-order chi connectivity index (χ1) is 29.7. The van der Waals surface area contributed by atoms with E-state index in [1.165, 1.54) is 43.4 Å². The molecule has 0 spiro atoms. The number of fused-ring (bicyclic) bond motifs is 4. The van der Waals surface area contributed by atoms with Crippen LogP contribution in [0.25, 0.3) is 111 Å². The van der Waals surface area contributed by atoms with Gasteiger partial charge in [0.25, 0.3) is 0 Å². The van der Waals surface area contributed by atoms with Crippen molar-refractivity contribution < 1.29 is 0 Å². The van der Waals surface area contributed by atoms with Crippen molar-refractivity contribution >= 4 is 32.3 Å². The van der Waals surface area contributed by atoms with Gasteiger partial charge in [0.1, 0.15) is 0 Å². The second-order valence-corrected chi connectivity index (χ2v) is 15.3. The first kappa shape index (κ1) is 35.2. The normalized spacial score (nSPS) is 11.3. The summed E-state index contributed by atoms with van der Waals surface area (Å²) in [6, 6.07) is 82.5. The molecule has 60 heavy (non-hydrogen) atoms. The van der Waals surface area contributed by atoms with Gasteiger partial charge in [0.15, 0.2) is 5.82 Å². The van der Waals surface area contributed by atoms with Crippen LogP contribution in [0.3, 0.4) is 0 Å². The van der Waals surface area contributed by atoms with Crippen LogP contribution in [0.4, 0.5) is 0 Å². The number of rotatable bonds is 7. The van der Waals surface area contributed by atoms with Gasteiger partial charge in [-0.1, -0.05) is 200 Å². The summed E-state index contributed by atoms with van der Waals surface area (Å²) in [5.41, 5.74) is 14.0. The number of hydrogen-bond acceptors (Lipinski definition) is 2. The topological polar surface area (TPSA) is 25.8 Å². The highest BCUT2D eigenvalue weighted by Gasteiger charge is 2.18. The summed E-state index contributed by atoms with van der Waals surface area (Å²) in [6.07, 6.45) is 0. The number of hydrogen-bond donors (Lipinski definition) is 0. The third-order valence-electron chi connectivity index (χ3n) is 11.7. The molecule has 0 saturated heterocycles. The molecule has 0 amide bonds. The minimum absolute atomic E-state index is 0.679. The zero-order valence-electron chi connectivity index (χ0n) is 32.8. The molecule has 10 aromatic carbocycles. The molecule has 11 rings (SSSR count). The van der Waals surface area contributed by atoms with E-state index in [0.717, 1.165) is 61.5 Å². The number of nitrogens with zero attached hydrogens (tertiary/aromatic N) is 2. The highest BCUT2D eigenvalue weighted by molar-refractivity contribution is 6.20. The molecule has 1 heterocycles. The maximum Gasteiger partial charge on any atom is 0.160 e. The molecule has 0 aliphatic rings. The van der Waals surface area contributed by atoms with E-state index in [2.05, 4.69) is 231 Å². The predicted molar refractivity (Wildman–Crippen MR) is 253 cm³/mol. The second kappa shape index (κ2) is 15.1. The lowest BCUT2D eigenvalue weighted by atomic mass is 9.87. The van der Waals surface area contributed by atoms with Gasteiger partial charge in [0, 0.05) is 16.7 Å². The molecule has 0 fully saturated rings. The minimum atomic E-state index is 0.679. The molecule has 0 aliphatic carbocycles. The Morgan fingerprint density at radius 3 is 1.48 bits per heavy atom. The Morgan fingerprint density at radius 2 is 0.750 bits per heavy atom. The molecule has 0 radical (unpaired) electrons. The van der Waals surface area contributed by atoms with Crippen molar-refractivity contribution in [3.63, 3.8) is 0 Å². The molecular formula is C58H38N2. The van der Waals surface area contributed by atoms with Crippen LogP contribution in [0, 0.1) is 0 Å². The summed E-state index contributed by atoms with van der Waals surface area (Å²) in [7, 11) is 0. The average molecular weight is 763 g/mol. The maximum atomic E-state index is 5.43. The van der Waals surface area contributed by atoms with Crippen LogP contribution in [-0.2, 0) is 0 Å². The molecule has 0 atom stereocenters. The fourth-order valence-electron chi connectivity index (χ4n) is 8.73. The van der Waals surface area contributed by atoms with Crippen molar-refractivity contribution in [1.29, 1.82) is 0 Å². The van der Waals surface area contributed by atoms with Crippen LogP contribution in [-0.4, -0.2) is 9.97 Å². The second-order valence-electron chi connectivity index (χ2n) is 15.3. The Hall–Kier alpha value is -7.94. The van der Waals surface area contributed by atoms with Crippen LogP contribution < -0.4 is 0 Å². The maximum absolute atomic E-state index is 5.43. The van der Waals surface area contributed by atoms with E-state index in [0.29, 0.717) is 5.82 Å². The standard InChI is InChI=1S/C58H38N2/c1-4-16-39(17-5-1)41-28-30-44(31-29-41)58-59-55(38-56(60-58)52-27-15-14-24-49(52)42-20-8-3-9-21-42)47-34-46(40-18-6-2-7-19-40)35-48(36-47)57-51-26-13-11-23-45(51)37-54-50-25-12-10-22-43(50)32-33-53(54)57/h1-38H. The third-order valence-corrected chi connectivity index (χ3v) is 11.7. The quantitative estimate of drug-likeness (QED) is 0.119. The molecule has 0 unspecified atom stereocenters. The molecule has 280 valence electrons. The van der Waals surface area contributed by atoms with Gasteiger partial charge in [-0.2, -0.15) is 0 Å².